The molecule has 0 spiro atoms. The SMILES string of the molecule is O=C(O)[C@@H]1CCN1S(=O)c1ccc(F)cc1. The second-order valence-corrected chi connectivity index (χ2v) is 4.93. The van der Waals surface area contributed by atoms with Crippen molar-refractivity contribution in [2.24, 2.45) is 0 Å². The molecule has 6 heteroatoms. The van der Waals surface area contributed by atoms with Gasteiger partial charge in [-0.3, -0.25) is 4.79 Å². The van der Waals surface area contributed by atoms with Gasteiger partial charge in [0.25, 0.3) is 0 Å². The highest BCUT2D eigenvalue weighted by Crippen LogP contribution is 2.24. The number of hydrogen-bond donors (Lipinski definition) is 1. The number of carboxylic acids is 1. The molecule has 1 saturated heterocycles. The highest BCUT2D eigenvalue weighted by atomic mass is 32.2. The average molecular weight is 243 g/mol. The summed E-state index contributed by atoms with van der Waals surface area (Å²) in [6.45, 7) is 0.487. The molecule has 1 aliphatic heterocycles. The number of carbonyl (C=O) groups is 1. The zero-order chi connectivity index (χ0) is 11.7. The van der Waals surface area contributed by atoms with Crippen molar-refractivity contribution in [3.63, 3.8) is 0 Å². The van der Waals surface area contributed by atoms with Crippen LogP contribution >= 0.6 is 0 Å². The summed E-state index contributed by atoms with van der Waals surface area (Å²) in [5.74, 6) is -1.37. The summed E-state index contributed by atoms with van der Waals surface area (Å²) in [6, 6.07) is 4.54. The van der Waals surface area contributed by atoms with Crippen LogP contribution in [0.2, 0.25) is 0 Å². The molecule has 1 N–H and O–H groups in total. The fourth-order valence-electron chi connectivity index (χ4n) is 1.50. The van der Waals surface area contributed by atoms with Crippen molar-refractivity contribution < 1.29 is 18.5 Å². The van der Waals surface area contributed by atoms with Crippen LogP contribution in [0.4, 0.5) is 4.39 Å². The number of benzene rings is 1. The van der Waals surface area contributed by atoms with Crippen LogP contribution in [0.15, 0.2) is 29.2 Å². The first-order valence-corrected chi connectivity index (χ1v) is 5.87. The van der Waals surface area contributed by atoms with Gasteiger partial charge in [-0.1, -0.05) is 0 Å². The lowest BCUT2D eigenvalue weighted by atomic mass is 10.1. The molecule has 0 amide bonds. The molecule has 16 heavy (non-hydrogen) atoms. The minimum atomic E-state index is -1.51. The van der Waals surface area contributed by atoms with Gasteiger partial charge >= 0.3 is 5.97 Å². The Balaban J connectivity index is 2.14. The molecule has 1 fully saturated rings. The van der Waals surface area contributed by atoms with Crippen molar-refractivity contribution in [1.82, 2.24) is 4.31 Å². The second-order valence-electron chi connectivity index (χ2n) is 3.49. The van der Waals surface area contributed by atoms with Gasteiger partial charge in [-0.2, -0.15) is 0 Å². The van der Waals surface area contributed by atoms with E-state index in [1.165, 1.54) is 28.6 Å². The fraction of sp³-hybridized carbons (Fsp3) is 0.300. The monoisotopic (exact) mass is 243 g/mol. The van der Waals surface area contributed by atoms with Crippen LogP contribution in [0.3, 0.4) is 0 Å². The maximum absolute atomic E-state index is 12.6. The van der Waals surface area contributed by atoms with Gasteiger partial charge in [0.05, 0.1) is 4.90 Å². The standard InChI is InChI=1S/C10H10FNO3S/c11-7-1-3-8(4-2-7)16(15)12-6-5-9(12)10(13)14/h1-4,9H,5-6H2,(H,13,14)/t9-,16?/m0/s1. The molecule has 0 saturated carbocycles. The van der Waals surface area contributed by atoms with E-state index < -0.39 is 28.8 Å². The normalized spacial score (nSPS) is 22.4. The molecule has 86 valence electrons. The predicted molar refractivity (Wildman–Crippen MR) is 55.6 cm³/mol. The van der Waals surface area contributed by atoms with Crippen LogP contribution < -0.4 is 0 Å². The van der Waals surface area contributed by atoms with Crippen molar-refractivity contribution in [3.8, 4) is 0 Å². The van der Waals surface area contributed by atoms with Crippen LogP contribution in [0, 0.1) is 5.82 Å². The minimum Gasteiger partial charge on any atom is -0.480 e. The lowest BCUT2D eigenvalue weighted by Gasteiger charge is -2.36. The van der Waals surface area contributed by atoms with Crippen molar-refractivity contribution >= 4 is 17.0 Å². The summed E-state index contributed by atoms with van der Waals surface area (Å²) in [4.78, 5) is 11.2. The van der Waals surface area contributed by atoms with E-state index in [0.29, 0.717) is 17.9 Å². The third-order valence-corrected chi connectivity index (χ3v) is 4.02. The quantitative estimate of drug-likeness (QED) is 0.861. The van der Waals surface area contributed by atoms with Gasteiger partial charge in [-0.25, -0.2) is 12.9 Å². The van der Waals surface area contributed by atoms with E-state index in [-0.39, 0.29) is 0 Å². The van der Waals surface area contributed by atoms with Crippen molar-refractivity contribution in [2.75, 3.05) is 6.54 Å². The Hall–Kier alpha value is -1.27. The fourth-order valence-corrected chi connectivity index (χ4v) is 2.83. The lowest BCUT2D eigenvalue weighted by molar-refractivity contribution is -0.144. The second kappa shape index (κ2) is 4.31. The largest absolute Gasteiger partial charge is 0.480 e. The van der Waals surface area contributed by atoms with Gasteiger partial charge in [0.15, 0.2) is 0 Å². The molecular formula is C10H10FNO3S. The molecule has 1 aliphatic rings. The molecule has 1 unspecified atom stereocenters. The Morgan fingerprint density at radius 3 is 2.50 bits per heavy atom. The number of hydrogen-bond acceptors (Lipinski definition) is 2. The summed E-state index contributed by atoms with van der Waals surface area (Å²) in [5.41, 5.74) is 0. The molecule has 1 aromatic rings. The molecule has 2 atom stereocenters. The van der Waals surface area contributed by atoms with E-state index in [0.717, 1.165) is 0 Å². The molecule has 0 aliphatic carbocycles. The molecule has 0 aromatic heterocycles. The summed E-state index contributed by atoms with van der Waals surface area (Å²) < 4.78 is 25.9. The maximum atomic E-state index is 12.6. The van der Waals surface area contributed by atoms with Gasteiger partial charge < -0.3 is 5.11 Å². The Labute approximate surface area is 94.3 Å². The lowest BCUT2D eigenvalue weighted by Crippen LogP contribution is -2.52. The number of aliphatic carboxylic acids is 1. The van der Waals surface area contributed by atoms with E-state index in [9.17, 15) is 13.4 Å². The van der Waals surface area contributed by atoms with Crippen LogP contribution in [0.25, 0.3) is 0 Å². The zero-order valence-corrected chi connectivity index (χ0v) is 9.11. The van der Waals surface area contributed by atoms with Crippen LogP contribution in [-0.4, -0.2) is 32.2 Å². The topological polar surface area (TPSA) is 57.6 Å². The summed E-state index contributed by atoms with van der Waals surface area (Å²) in [7, 11) is -1.51. The van der Waals surface area contributed by atoms with Crippen LogP contribution in [0.5, 0.6) is 0 Å². The van der Waals surface area contributed by atoms with Gasteiger partial charge in [0.2, 0.25) is 0 Å². The number of halogens is 1. The summed E-state index contributed by atoms with van der Waals surface area (Å²) >= 11 is 0. The summed E-state index contributed by atoms with van der Waals surface area (Å²) in [6.07, 6.45) is 0.502. The van der Waals surface area contributed by atoms with Crippen molar-refractivity contribution in [1.29, 1.82) is 0 Å². The zero-order valence-electron chi connectivity index (χ0n) is 8.30. The van der Waals surface area contributed by atoms with Crippen molar-refractivity contribution in [3.05, 3.63) is 30.1 Å². The highest BCUT2D eigenvalue weighted by molar-refractivity contribution is 7.82. The van der Waals surface area contributed by atoms with Gasteiger partial charge in [0.1, 0.15) is 22.8 Å². The Morgan fingerprint density at radius 2 is 2.06 bits per heavy atom. The highest BCUT2D eigenvalue weighted by Gasteiger charge is 2.38. The van der Waals surface area contributed by atoms with Crippen molar-refractivity contribution in [2.45, 2.75) is 17.4 Å². The molecule has 0 radical (unpaired) electrons. The smallest absolute Gasteiger partial charge is 0.321 e. The van der Waals surface area contributed by atoms with E-state index in [1.807, 2.05) is 0 Å². The third kappa shape index (κ3) is 1.98. The van der Waals surface area contributed by atoms with E-state index in [1.54, 1.807) is 0 Å². The van der Waals surface area contributed by atoms with E-state index >= 15 is 0 Å². The van der Waals surface area contributed by atoms with Gasteiger partial charge in [-0.15, -0.1) is 0 Å². The Kier molecular flexibility index (Phi) is 3.02. The predicted octanol–water partition coefficient (Wildman–Crippen LogP) is 1.01. The first kappa shape index (κ1) is 11.2. The van der Waals surface area contributed by atoms with E-state index in [2.05, 4.69) is 0 Å². The average Bonchev–Trinajstić information content (AvgIpc) is 2.15. The van der Waals surface area contributed by atoms with E-state index in [4.69, 9.17) is 5.11 Å². The van der Waals surface area contributed by atoms with Crippen LogP contribution in [0.1, 0.15) is 6.42 Å². The number of rotatable bonds is 3. The van der Waals surface area contributed by atoms with Crippen LogP contribution in [-0.2, 0) is 15.8 Å². The molecule has 0 bridgehead atoms. The Morgan fingerprint density at radius 1 is 1.44 bits per heavy atom. The van der Waals surface area contributed by atoms with Gasteiger partial charge in [0, 0.05) is 6.54 Å². The molecule has 1 aromatic carbocycles. The number of nitrogens with zero attached hydrogens (tertiary/aromatic N) is 1. The molecule has 2 rings (SSSR count). The number of carboxylic acid groups (broad SMARTS) is 1. The molecular weight excluding hydrogens is 233 g/mol. The summed E-state index contributed by atoms with van der Waals surface area (Å²) in [5, 5.41) is 8.81. The first-order chi connectivity index (χ1) is 7.59. The first-order valence-electron chi connectivity index (χ1n) is 4.76. The minimum absolute atomic E-state index is 0.404. The third-order valence-electron chi connectivity index (χ3n) is 2.48. The maximum Gasteiger partial charge on any atom is 0.321 e. The Bertz CT molecular complexity index is 434. The molecule has 1 heterocycles. The molecule has 4 nitrogen and oxygen atoms in total. The van der Waals surface area contributed by atoms with Gasteiger partial charge in [-0.05, 0) is 30.7 Å².